The third kappa shape index (κ3) is 2.27. The van der Waals surface area contributed by atoms with E-state index < -0.39 is 5.79 Å². The van der Waals surface area contributed by atoms with Crippen molar-refractivity contribution in [1.29, 1.82) is 0 Å². The first-order chi connectivity index (χ1) is 9.68. The van der Waals surface area contributed by atoms with Crippen LogP contribution in [0, 0.1) is 5.82 Å². The van der Waals surface area contributed by atoms with E-state index in [1.807, 2.05) is 0 Å². The van der Waals surface area contributed by atoms with Crippen LogP contribution in [0.5, 0.6) is 0 Å². The maximum absolute atomic E-state index is 13.0. The summed E-state index contributed by atoms with van der Waals surface area (Å²) in [4.78, 5) is 11.0. The second-order valence-corrected chi connectivity index (χ2v) is 4.36. The van der Waals surface area contributed by atoms with Crippen LogP contribution in [0.4, 0.5) is 4.39 Å². The Kier molecular flexibility index (Phi) is 2.98. The summed E-state index contributed by atoms with van der Waals surface area (Å²) in [6, 6.07) is 8.82. The second-order valence-electron chi connectivity index (χ2n) is 4.36. The molecule has 3 rings (SSSR count). The molecular weight excluding hydrogens is 263 g/mol. The van der Waals surface area contributed by atoms with E-state index in [2.05, 4.69) is 10.2 Å². The smallest absolute Gasteiger partial charge is 0.282 e. The van der Waals surface area contributed by atoms with E-state index in [0.717, 1.165) is 0 Å². The van der Waals surface area contributed by atoms with Crippen LogP contribution in [0.25, 0.3) is 0 Å². The van der Waals surface area contributed by atoms with Gasteiger partial charge in [0, 0.05) is 11.6 Å². The summed E-state index contributed by atoms with van der Waals surface area (Å²) in [5.74, 6) is -1.42. The zero-order chi connectivity index (χ0) is 14.0. The van der Waals surface area contributed by atoms with Crippen LogP contribution >= 0.6 is 0 Å². The van der Waals surface area contributed by atoms with Gasteiger partial charge in [-0.05, 0) is 30.3 Å². The summed E-state index contributed by atoms with van der Waals surface area (Å²) < 4.78 is 24.1. The van der Waals surface area contributed by atoms with Gasteiger partial charge >= 0.3 is 0 Å². The quantitative estimate of drug-likeness (QED) is 0.927. The van der Waals surface area contributed by atoms with Crippen LogP contribution in [0.1, 0.15) is 11.3 Å². The highest BCUT2D eigenvalue weighted by molar-refractivity contribution is 5.24. The first kappa shape index (κ1) is 12.4. The van der Waals surface area contributed by atoms with Crippen LogP contribution in [0.3, 0.4) is 0 Å². The van der Waals surface area contributed by atoms with Gasteiger partial charge in [-0.15, -0.1) is 0 Å². The van der Waals surface area contributed by atoms with Gasteiger partial charge in [-0.1, -0.05) is 0 Å². The van der Waals surface area contributed by atoms with Crippen molar-refractivity contribution in [2.24, 2.45) is 0 Å². The molecule has 1 N–H and O–H groups in total. The molecule has 0 saturated heterocycles. The molecule has 1 aliphatic heterocycles. The molecule has 0 atom stereocenters. The Morgan fingerprint density at radius 3 is 2.40 bits per heavy atom. The van der Waals surface area contributed by atoms with Gasteiger partial charge in [0.15, 0.2) is 0 Å². The summed E-state index contributed by atoms with van der Waals surface area (Å²) in [7, 11) is 0. The molecule has 0 unspecified atom stereocenters. The summed E-state index contributed by atoms with van der Waals surface area (Å²) in [5.41, 5.74) is 0.977. The normalized spacial score (nSPS) is 15.7. The summed E-state index contributed by atoms with van der Waals surface area (Å²) in [5, 5.41) is 6.29. The van der Waals surface area contributed by atoms with Gasteiger partial charge in [-0.3, -0.25) is 4.79 Å². The number of aromatic amines is 1. The third-order valence-corrected chi connectivity index (χ3v) is 3.01. The number of nitrogens with one attached hydrogen (secondary N) is 1. The number of halogens is 1. The largest absolute Gasteiger partial charge is 0.452 e. The SMILES string of the molecule is O=c1ccc(CC2(c3ccc(F)cc3)OC=CO2)n[nH]1. The van der Waals surface area contributed by atoms with Gasteiger partial charge in [-0.2, -0.15) is 5.10 Å². The molecule has 1 aromatic carbocycles. The monoisotopic (exact) mass is 274 g/mol. The molecule has 6 heteroatoms. The minimum absolute atomic E-state index is 0.280. The molecule has 0 amide bonds. The summed E-state index contributed by atoms with van der Waals surface area (Å²) in [6.07, 6.45) is 3.13. The molecule has 2 aromatic rings. The lowest BCUT2D eigenvalue weighted by Gasteiger charge is -2.27. The van der Waals surface area contributed by atoms with Gasteiger partial charge in [0.25, 0.3) is 11.3 Å². The fourth-order valence-electron chi connectivity index (χ4n) is 2.04. The maximum atomic E-state index is 13.0. The van der Waals surface area contributed by atoms with Crippen LogP contribution < -0.4 is 5.56 Å². The second kappa shape index (κ2) is 4.80. The lowest BCUT2D eigenvalue weighted by Crippen LogP contribution is -2.30. The van der Waals surface area contributed by atoms with Gasteiger partial charge in [0.2, 0.25) is 0 Å². The van der Waals surface area contributed by atoms with Crippen molar-refractivity contribution in [2.75, 3.05) is 0 Å². The predicted octanol–water partition coefficient (Wildman–Crippen LogP) is 1.82. The van der Waals surface area contributed by atoms with Crippen molar-refractivity contribution in [1.82, 2.24) is 10.2 Å². The minimum atomic E-state index is -1.08. The number of H-pyrrole nitrogens is 1. The Hall–Kier alpha value is -2.63. The number of rotatable bonds is 3. The van der Waals surface area contributed by atoms with E-state index in [1.165, 1.54) is 30.7 Å². The highest BCUT2D eigenvalue weighted by atomic mass is 19.1. The Labute approximate surface area is 113 Å². The molecule has 0 fully saturated rings. The van der Waals surface area contributed by atoms with Crippen molar-refractivity contribution >= 4 is 0 Å². The molecule has 20 heavy (non-hydrogen) atoms. The van der Waals surface area contributed by atoms with Crippen molar-refractivity contribution in [3.8, 4) is 0 Å². The van der Waals surface area contributed by atoms with Gasteiger partial charge < -0.3 is 9.47 Å². The van der Waals surface area contributed by atoms with Gasteiger partial charge in [-0.25, -0.2) is 9.49 Å². The molecule has 0 radical (unpaired) electrons. The highest BCUT2D eigenvalue weighted by Crippen LogP contribution is 2.35. The average molecular weight is 274 g/mol. The molecule has 0 spiro atoms. The molecular formula is C14H11FN2O3. The van der Waals surface area contributed by atoms with Crippen molar-refractivity contribution in [3.05, 3.63) is 76.4 Å². The Morgan fingerprint density at radius 1 is 1.10 bits per heavy atom. The number of benzene rings is 1. The number of ether oxygens (including phenoxy) is 2. The first-order valence-electron chi connectivity index (χ1n) is 5.99. The maximum Gasteiger partial charge on any atom is 0.282 e. The molecule has 2 heterocycles. The minimum Gasteiger partial charge on any atom is -0.452 e. The van der Waals surface area contributed by atoms with E-state index in [9.17, 15) is 9.18 Å². The fraction of sp³-hybridized carbons (Fsp3) is 0.143. The zero-order valence-corrected chi connectivity index (χ0v) is 10.4. The lowest BCUT2D eigenvalue weighted by molar-refractivity contribution is -0.149. The zero-order valence-electron chi connectivity index (χ0n) is 10.4. The van der Waals surface area contributed by atoms with E-state index in [0.29, 0.717) is 11.3 Å². The number of aromatic nitrogens is 2. The van der Waals surface area contributed by atoms with Crippen LogP contribution in [0.2, 0.25) is 0 Å². The summed E-state index contributed by atoms with van der Waals surface area (Å²) >= 11 is 0. The Morgan fingerprint density at radius 2 is 1.80 bits per heavy atom. The molecule has 1 aliphatic rings. The van der Waals surface area contributed by atoms with Gasteiger partial charge in [0.1, 0.15) is 18.3 Å². The van der Waals surface area contributed by atoms with Crippen molar-refractivity contribution in [2.45, 2.75) is 12.2 Å². The molecule has 5 nitrogen and oxygen atoms in total. The number of nitrogens with zero attached hydrogens (tertiary/aromatic N) is 1. The van der Waals surface area contributed by atoms with Gasteiger partial charge in [0.05, 0.1) is 12.1 Å². The standard InChI is InChI=1S/C14H11FN2O3/c15-11-3-1-10(2-4-11)14(19-7-8-20-14)9-12-5-6-13(18)17-16-12/h1-8H,9H2,(H,17,18). The molecule has 0 saturated carbocycles. The van der Waals surface area contributed by atoms with Crippen LogP contribution in [-0.4, -0.2) is 10.2 Å². The number of hydrogen-bond acceptors (Lipinski definition) is 4. The number of hydrogen-bond donors (Lipinski definition) is 1. The van der Waals surface area contributed by atoms with E-state index >= 15 is 0 Å². The van der Waals surface area contributed by atoms with Crippen LogP contribution in [0.15, 0.2) is 53.7 Å². The highest BCUT2D eigenvalue weighted by Gasteiger charge is 2.39. The molecule has 102 valence electrons. The van der Waals surface area contributed by atoms with Crippen molar-refractivity contribution < 1.29 is 13.9 Å². The van der Waals surface area contributed by atoms with E-state index in [-0.39, 0.29) is 17.8 Å². The molecule has 0 bridgehead atoms. The topological polar surface area (TPSA) is 64.2 Å². The Bertz CT molecular complexity index is 666. The van der Waals surface area contributed by atoms with Crippen molar-refractivity contribution in [3.63, 3.8) is 0 Å². The third-order valence-electron chi connectivity index (χ3n) is 3.01. The summed E-state index contributed by atoms with van der Waals surface area (Å²) in [6.45, 7) is 0. The molecule has 0 aliphatic carbocycles. The van der Waals surface area contributed by atoms with E-state index in [1.54, 1.807) is 18.2 Å². The fourth-order valence-corrected chi connectivity index (χ4v) is 2.04. The average Bonchev–Trinajstić information content (AvgIpc) is 2.92. The first-order valence-corrected chi connectivity index (χ1v) is 5.99. The molecule has 1 aromatic heterocycles. The van der Waals surface area contributed by atoms with Crippen LogP contribution in [-0.2, 0) is 21.7 Å². The Balaban J connectivity index is 1.94. The lowest BCUT2D eigenvalue weighted by atomic mass is 10.0. The predicted molar refractivity (Wildman–Crippen MR) is 67.9 cm³/mol. The van der Waals surface area contributed by atoms with E-state index in [4.69, 9.17) is 9.47 Å².